The third-order valence-electron chi connectivity index (χ3n) is 2.29. The Balaban J connectivity index is 2.34. The maximum Gasteiger partial charge on any atom is 0.279 e. The van der Waals surface area contributed by atoms with Gasteiger partial charge in [0.2, 0.25) is 0 Å². The van der Waals surface area contributed by atoms with Gasteiger partial charge in [-0.1, -0.05) is 0 Å². The van der Waals surface area contributed by atoms with Crippen molar-refractivity contribution in [2.24, 2.45) is 0 Å². The first kappa shape index (κ1) is 13.4. The molecule has 1 aromatic carbocycles. The Bertz CT molecular complexity index is 700. The maximum absolute atomic E-state index is 13.0. The van der Waals surface area contributed by atoms with Crippen molar-refractivity contribution in [3.8, 4) is 0 Å². The maximum atomic E-state index is 13.0. The quantitative estimate of drug-likeness (QED) is 0.782. The summed E-state index contributed by atoms with van der Waals surface area (Å²) in [6.07, 6.45) is 1.15. The second kappa shape index (κ2) is 4.94. The molecule has 0 unspecified atom stereocenters. The summed E-state index contributed by atoms with van der Waals surface area (Å²) in [5.74, 6) is -2.26. The fraction of sp³-hybridized carbons (Fsp3) is 0.100. The SMILES string of the molecule is O=S(=O)(Nc1ccc(F)c(F)c1)c1[nH]ncc1CO. The molecule has 0 bridgehead atoms. The lowest BCUT2D eigenvalue weighted by Crippen LogP contribution is -2.15. The summed E-state index contributed by atoms with van der Waals surface area (Å²) in [5, 5.41) is 14.3. The highest BCUT2D eigenvalue weighted by molar-refractivity contribution is 7.92. The lowest BCUT2D eigenvalue weighted by Gasteiger charge is -2.07. The first-order valence-corrected chi connectivity index (χ1v) is 6.53. The number of aliphatic hydroxyl groups is 1. The molecule has 1 aromatic heterocycles. The van der Waals surface area contributed by atoms with Crippen molar-refractivity contribution in [1.29, 1.82) is 0 Å². The zero-order chi connectivity index (χ0) is 14.0. The van der Waals surface area contributed by atoms with E-state index in [0.29, 0.717) is 6.07 Å². The second-order valence-corrected chi connectivity index (χ2v) is 5.24. The molecular weight excluding hydrogens is 280 g/mol. The summed E-state index contributed by atoms with van der Waals surface area (Å²) in [6, 6.07) is 2.58. The number of nitrogens with zero attached hydrogens (tertiary/aromatic N) is 1. The van der Waals surface area contributed by atoms with Crippen LogP contribution in [0.1, 0.15) is 5.56 Å². The van der Waals surface area contributed by atoms with E-state index in [4.69, 9.17) is 5.11 Å². The average Bonchev–Trinajstić information content (AvgIpc) is 2.82. The molecule has 0 aliphatic carbocycles. The predicted molar refractivity (Wildman–Crippen MR) is 61.7 cm³/mol. The number of H-pyrrole nitrogens is 1. The van der Waals surface area contributed by atoms with Crippen LogP contribution in [-0.2, 0) is 16.6 Å². The molecule has 0 saturated heterocycles. The van der Waals surface area contributed by atoms with Crippen LogP contribution in [0.25, 0.3) is 0 Å². The zero-order valence-electron chi connectivity index (χ0n) is 9.39. The van der Waals surface area contributed by atoms with E-state index in [1.807, 2.05) is 4.72 Å². The normalized spacial score (nSPS) is 11.5. The van der Waals surface area contributed by atoms with E-state index >= 15 is 0 Å². The number of rotatable bonds is 4. The minimum Gasteiger partial charge on any atom is -0.392 e. The number of nitrogens with one attached hydrogen (secondary N) is 2. The van der Waals surface area contributed by atoms with E-state index in [0.717, 1.165) is 18.3 Å². The molecular formula is C10H9F2N3O3S. The van der Waals surface area contributed by atoms with Gasteiger partial charge < -0.3 is 5.11 Å². The fourth-order valence-corrected chi connectivity index (χ4v) is 2.58. The number of aromatic amines is 1. The number of halogens is 2. The third-order valence-corrected chi connectivity index (χ3v) is 3.68. The van der Waals surface area contributed by atoms with Crippen LogP contribution < -0.4 is 4.72 Å². The topological polar surface area (TPSA) is 95.1 Å². The van der Waals surface area contributed by atoms with Gasteiger partial charge in [-0.2, -0.15) is 13.5 Å². The third kappa shape index (κ3) is 2.71. The van der Waals surface area contributed by atoms with Gasteiger partial charge in [0.25, 0.3) is 10.0 Å². The van der Waals surface area contributed by atoms with Gasteiger partial charge >= 0.3 is 0 Å². The Labute approximate surface area is 107 Å². The van der Waals surface area contributed by atoms with Gasteiger partial charge in [0, 0.05) is 11.6 Å². The van der Waals surface area contributed by atoms with Crippen molar-refractivity contribution >= 4 is 15.7 Å². The van der Waals surface area contributed by atoms with Gasteiger partial charge in [-0.05, 0) is 12.1 Å². The highest BCUT2D eigenvalue weighted by atomic mass is 32.2. The summed E-state index contributed by atoms with van der Waals surface area (Å²) in [7, 11) is -4.06. The van der Waals surface area contributed by atoms with Crippen molar-refractivity contribution < 1.29 is 22.3 Å². The number of hydrogen-bond acceptors (Lipinski definition) is 4. The molecule has 0 spiro atoms. The Kier molecular flexibility index (Phi) is 3.49. The van der Waals surface area contributed by atoms with E-state index in [-0.39, 0.29) is 16.3 Å². The Morgan fingerprint density at radius 1 is 1.32 bits per heavy atom. The molecule has 2 rings (SSSR count). The molecule has 1 heterocycles. The predicted octanol–water partition coefficient (Wildman–Crippen LogP) is 0.981. The van der Waals surface area contributed by atoms with Gasteiger partial charge in [-0.25, -0.2) is 8.78 Å². The standard InChI is InChI=1S/C10H9F2N3O3S/c11-8-2-1-7(3-9(8)12)15-19(17,18)10-6(5-16)4-13-14-10/h1-4,15-16H,5H2,(H,13,14). The molecule has 3 N–H and O–H groups in total. The van der Waals surface area contributed by atoms with Crippen molar-refractivity contribution in [3.63, 3.8) is 0 Å². The van der Waals surface area contributed by atoms with Crippen LogP contribution in [-0.4, -0.2) is 23.7 Å². The number of aliphatic hydroxyl groups excluding tert-OH is 1. The van der Waals surface area contributed by atoms with E-state index < -0.39 is 28.3 Å². The van der Waals surface area contributed by atoms with Crippen molar-refractivity contribution in [1.82, 2.24) is 10.2 Å². The smallest absolute Gasteiger partial charge is 0.279 e. The lowest BCUT2D eigenvalue weighted by atomic mass is 10.3. The van der Waals surface area contributed by atoms with Crippen LogP contribution in [0.2, 0.25) is 0 Å². The molecule has 0 aliphatic heterocycles. The van der Waals surface area contributed by atoms with Gasteiger partial charge in [0.1, 0.15) is 0 Å². The van der Waals surface area contributed by atoms with Crippen LogP contribution in [0.5, 0.6) is 0 Å². The van der Waals surface area contributed by atoms with Crippen LogP contribution in [0.15, 0.2) is 29.4 Å². The monoisotopic (exact) mass is 289 g/mol. The minimum absolute atomic E-state index is 0.0649. The summed E-state index contributed by atoms with van der Waals surface area (Å²) in [5.41, 5.74) is -0.0764. The largest absolute Gasteiger partial charge is 0.392 e. The van der Waals surface area contributed by atoms with Crippen LogP contribution in [0.4, 0.5) is 14.5 Å². The molecule has 0 radical (unpaired) electrons. The van der Waals surface area contributed by atoms with Crippen LogP contribution in [0.3, 0.4) is 0 Å². The number of sulfonamides is 1. The second-order valence-electron chi connectivity index (χ2n) is 3.62. The Morgan fingerprint density at radius 2 is 2.05 bits per heavy atom. The van der Waals surface area contributed by atoms with Gasteiger partial charge in [0.15, 0.2) is 16.7 Å². The molecule has 2 aromatic rings. The van der Waals surface area contributed by atoms with Crippen molar-refractivity contribution in [3.05, 3.63) is 41.6 Å². The Hall–Kier alpha value is -2.00. The number of anilines is 1. The van der Waals surface area contributed by atoms with Crippen LogP contribution in [0, 0.1) is 11.6 Å². The lowest BCUT2D eigenvalue weighted by molar-refractivity contribution is 0.278. The number of hydrogen-bond donors (Lipinski definition) is 3. The van der Waals surface area contributed by atoms with E-state index in [2.05, 4.69) is 10.2 Å². The molecule has 6 nitrogen and oxygen atoms in total. The molecule has 102 valence electrons. The van der Waals surface area contributed by atoms with Gasteiger partial charge in [0.05, 0.1) is 18.5 Å². The van der Waals surface area contributed by atoms with E-state index in [1.54, 1.807) is 0 Å². The van der Waals surface area contributed by atoms with Crippen molar-refractivity contribution in [2.45, 2.75) is 11.6 Å². The first-order chi connectivity index (χ1) is 8.94. The molecule has 9 heteroatoms. The highest BCUT2D eigenvalue weighted by Crippen LogP contribution is 2.19. The summed E-state index contributed by atoms with van der Waals surface area (Å²) >= 11 is 0. The molecule has 0 fully saturated rings. The van der Waals surface area contributed by atoms with Crippen molar-refractivity contribution in [2.75, 3.05) is 4.72 Å². The summed E-state index contributed by atoms with van der Waals surface area (Å²) in [6.45, 7) is -0.523. The number of aromatic nitrogens is 2. The fourth-order valence-electron chi connectivity index (χ4n) is 1.41. The summed E-state index contributed by atoms with van der Waals surface area (Å²) in [4.78, 5) is 0. The minimum atomic E-state index is -4.06. The first-order valence-electron chi connectivity index (χ1n) is 5.05. The number of benzene rings is 1. The molecule has 0 aliphatic rings. The highest BCUT2D eigenvalue weighted by Gasteiger charge is 2.21. The summed E-state index contributed by atoms with van der Waals surface area (Å²) < 4.78 is 51.6. The molecule has 19 heavy (non-hydrogen) atoms. The van der Waals surface area contributed by atoms with E-state index in [1.165, 1.54) is 0 Å². The van der Waals surface area contributed by atoms with Gasteiger partial charge in [-0.15, -0.1) is 0 Å². The van der Waals surface area contributed by atoms with Gasteiger partial charge in [-0.3, -0.25) is 9.82 Å². The van der Waals surface area contributed by atoms with Crippen LogP contribution >= 0.6 is 0 Å². The molecule has 0 saturated carbocycles. The van der Waals surface area contributed by atoms with E-state index in [9.17, 15) is 17.2 Å². The molecule has 0 amide bonds. The zero-order valence-corrected chi connectivity index (χ0v) is 10.2. The average molecular weight is 289 g/mol. The Morgan fingerprint density at radius 3 is 2.68 bits per heavy atom. The molecule has 0 atom stereocenters.